The Bertz CT molecular complexity index is 120. The normalized spacial score (nSPS) is 15.1. The first-order valence-electron chi connectivity index (χ1n) is 1.70. The fourth-order valence-electron chi connectivity index (χ4n) is 0.120. The van der Waals surface area contributed by atoms with Crippen molar-refractivity contribution in [2.45, 2.75) is 12.5 Å². The van der Waals surface area contributed by atoms with Crippen molar-refractivity contribution in [3.05, 3.63) is 10.1 Å². The van der Waals surface area contributed by atoms with Crippen LogP contribution in [0.25, 0.3) is 0 Å². The van der Waals surface area contributed by atoms with Gasteiger partial charge in [0.1, 0.15) is 0 Å². The molecule has 3 nitrogen and oxygen atoms in total. The molecule has 0 spiro atoms. The number of nitro groups is 1. The lowest BCUT2D eigenvalue weighted by Gasteiger charge is -2.02. The van der Waals surface area contributed by atoms with Crippen molar-refractivity contribution in [1.29, 1.82) is 0 Å². The second-order valence-corrected chi connectivity index (χ2v) is 1.16. The molecule has 0 radical (unpaired) electrons. The third-order valence-corrected chi connectivity index (χ3v) is 0.455. The first-order valence-corrected chi connectivity index (χ1v) is 1.70. The molecule has 0 saturated heterocycles. The second-order valence-electron chi connectivity index (χ2n) is 1.16. The second kappa shape index (κ2) is 2.16. The van der Waals surface area contributed by atoms with E-state index in [2.05, 4.69) is 0 Å². The van der Waals surface area contributed by atoms with Crippen molar-refractivity contribution in [1.82, 2.24) is 0 Å². The summed E-state index contributed by atoms with van der Waals surface area (Å²) in [6, 6.07) is 0. The Morgan fingerprint density at radius 1 is 1.44 bits per heavy atom. The fourth-order valence-corrected chi connectivity index (χ4v) is 0.120. The average molecular weight is 147 g/mol. The summed E-state index contributed by atoms with van der Waals surface area (Å²) in [5, 5.41) is 9.06. The first-order chi connectivity index (χ1) is 3.85. The molecule has 7 heteroatoms. The standard InChI is InChI=1S/C2HF4NO2/c3-1(7(8)9)2(4,5)6/h1H. The molecule has 54 valence electrons. The maximum Gasteiger partial charge on any atom is 0.491 e. The lowest BCUT2D eigenvalue weighted by molar-refractivity contribution is -0.594. The van der Waals surface area contributed by atoms with E-state index in [1.807, 2.05) is 0 Å². The predicted molar refractivity (Wildman–Crippen MR) is 17.9 cm³/mol. The summed E-state index contributed by atoms with van der Waals surface area (Å²) < 4.78 is 43.9. The molecule has 0 fully saturated rings. The molecule has 0 heterocycles. The van der Waals surface area contributed by atoms with E-state index in [0.29, 0.717) is 0 Å². The molecule has 0 aromatic heterocycles. The zero-order valence-electron chi connectivity index (χ0n) is 3.85. The van der Waals surface area contributed by atoms with Crippen LogP contribution in [0.1, 0.15) is 0 Å². The van der Waals surface area contributed by atoms with Gasteiger partial charge in [-0.3, -0.25) is 10.1 Å². The molecule has 0 aromatic carbocycles. The highest BCUT2D eigenvalue weighted by molar-refractivity contribution is 4.50. The van der Waals surface area contributed by atoms with Gasteiger partial charge in [-0.05, 0) is 0 Å². The number of hydrogen-bond acceptors (Lipinski definition) is 2. The van der Waals surface area contributed by atoms with E-state index in [9.17, 15) is 17.6 Å². The molecular formula is C2HF4NO2. The summed E-state index contributed by atoms with van der Waals surface area (Å²) in [7, 11) is 0. The number of nitrogens with zero attached hydrogens (tertiary/aromatic N) is 1. The lowest BCUT2D eigenvalue weighted by atomic mass is 10.6. The van der Waals surface area contributed by atoms with E-state index >= 15 is 0 Å². The van der Waals surface area contributed by atoms with Crippen molar-refractivity contribution in [3.63, 3.8) is 0 Å². The molecule has 0 rings (SSSR count). The summed E-state index contributed by atoms with van der Waals surface area (Å²) in [5.74, 6) is 0. The van der Waals surface area contributed by atoms with Crippen LogP contribution < -0.4 is 0 Å². The van der Waals surface area contributed by atoms with Gasteiger partial charge in [-0.15, -0.1) is 0 Å². The highest BCUT2D eigenvalue weighted by Crippen LogP contribution is 2.22. The maximum atomic E-state index is 11.2. The molecular weight excluding hydrogens is 146 g/mol. The molecule has 0 aliphatic rings. The topological polar surface area (TPSA) is 43.1 Å². The molecule has 0 aliphatic carbocycles. The molecule has 0 aromatic rings. The van der Waals surface area contributed by atoms with E-state index in [1.165, 1.54) is 0 Å². The maximum absolute atomic E-state index is 11.2. The van der Waals surface area contributed by atoms with Crippen molar-refractivity contribution in [2.24, 2.45) is 0 Å². The predicted octanol–water partition coefficient (Wildman–Crippen LogP) is 1.12. The van der Waals surface area contributed by atoms with E-state index in [0.717, 1.165) is 0 Å². The zero-order valence-corrected chi connectivity index (χ0v) is 3.85. The van der Waals surface area contributed by atoms with E-state index in [4.69, 9.17) is 10.1 Å². The van der Waals surface area contributed by atoms with Crippen LogP contribution in [0.4, 0.5) is 17.6 Å². The van der Waals surface area contributed by atoms with Gasteiger partial charge in [0.05, 0.1) is 4.92 Å². The Hall–Kier alpha value is -0.880. The summed E-state index contributed by atoms with van der Waals surface area (Å²) in [5.41, 5.74) is 0. The van der Waals surface area contributed by atoms with Crippen LogP contribution in [0.2, 0.25) is 0 Å². The smallest absolute Gasteiger partial charge is 0.261 e. The third-order valence-electron chi connectivity index (χ3n) is 0.455. The number of halogens is 4. The molecule has 0 bridgehead atoms. The lowest BCUT2D eigenvalue weighted by Crippen LogP contribution is -2.31. The number of alkyl halides is 4. The summed E-state index contributed by atoms with van der Waals surface area (Å²) in [6.07, 6.45) is -9.35. The molecule has 1 unspecified atom stereocenters. The van der Waals surface area contributed by atoms with Crippen molar-refractivity contribution in [3.8, 4) is 0 Å². The first kappa shape index (κ1) is 8.12. The van der Waals surface area contributed by atoms with Gasteiger partial charge in [-0.2, -0.15) is 17.6 Å². The number of hydrogen-bond donors (Lipinski definition) is 0. The summed E-state index contributed by atoms with van der Waals surface area (Å²) in [6.45, 7) is 0. The minimum Gasteiger partial charge on any atom is -0.261 e. The van der Waals surface area contributed by atoms with Crippen LogP contribution in [-0.4, -0.2) is 17.4 Å². The Morgan fingerprint density at radius 2 is 1.78 bits per heavy atom. The Kier molecular flexibility index (Phi) is 1.95. The highest BCUT2D eigenvalue weighted by atomic mass is 19.4. The molecule has 0 aliphatic heterocycles. The van der Waals surface area contributed by atoms with Gasteiger partial charge in [0.15, 0.2) is 0 Å². The monoisotopic (exact) mass is 147 g/mol. The van der Waals surface area contributed by atoms with Crippen LogP contribution in [0.5, 0.6) is 0 Å². The van der Waals surface area contributed by atoms with E-state index < -0.39 is 17.4 Å². The van der Waals surface area contributed by atoms with Crippen LogP contribution in [0, 0.1) is 10.1 Å². The minimum absolute atomic E-state index is 2.04. The van der Waals surface area contributed by atoms with Crippen LogP contribution in [0.3, 0.4) is 0 Å². The molecule has 0 saturated carbocycles. The third kappa shape index (κ3) is 2.24. The Labute approximate surface area is 46.4 Å². The van der Waals surface area contributed by atoms with Crippen molar-refractivity contribution >= 4 is 0 Å². The average Bonchev–Trinajstić information content (AvgIpc) is 1.62. The largest absolute Gasteiger partial charge is 0.491 e. The number of rotatable bonds is 1. The zero-order chi connectivity index (χ0) is 7.65. The van der Waals surface area contributed by atoms with Gasteiger partial charge in [-0.25, -0.2) is 0 Å². The van der Waals surface area contributed by atoms with Gasteiger partial charge in [-0.1, -0.05) is 0 Å². The van der Waals surface area contributed by atoms with Gasteiger partial charge < -0.3 is 0 Å². The Balaban J connectivity index is 4.04. The fraction of sp³-hybridized carbons (Fsp3) is 1.00. The van der Waals surface area contributed by atoms with E-state index in [1.54, 1.807) is 0 Å². The quantitative estimate of drug-likeness (QED) is 0.241. The van der Waals surface area contributed by atoms with Gasteiger partial charge in [0.2, 0.25) is 0 Å². The Morgan fingerprint density at radius 3 is 1.78 bits per heavy atom. The molecule has 0 N–H and O–H groups in total. The van der Waals surface area contributed by atoms with Gasteiger partial charge in [0, 0.05) is 0 Å². The van der Waals surface area contributed by atoms with Crippen LogP contribution in [0.15, 0.2) is 0 Å². The van der Waals surface area contributed by atoms with Crippen molar-refractivity contribution < 1.29 is 22.5 Å². The van der Waals surface area contributed by atoms with Gasteiger partial charge in [0.25, 0.3) is 0 Å². The molecule has 9 heavy (non-hydrogen) atoms. The van der Waals surface area contributed by atoms with Crippen molar-refractivity contribution in [2.75, 3.05) is 0 Å². The van der Waals surface area contributed by atoms with E-state index in [-0.39, 0.29) is 0 Å². The van der Waals surface area contributed by atoms with Gasteiger partial charge >= 0.3 is 12.5 Å². The van der Waals surface area contributed by atoms with Crippen LogP contribution >= 0.6 is 0 Å². The van der Waals surface area contributed by atoms with Crippen LogP contribution in [-0.2, 0) is 0 Å². The summed E-state index contributed by atoms with van der Waals surface area (Å²) in [4.78, 5) is 7.01. The molecule has 0 amide bonds. The minimum atomic E-state index is -5.39. The highest BCUT2D eigenvalue weighted by Gasteiger charge is 2.50. The SMILES string of the molecule is O=[N+]([O-])C(F)C(F)(F)F. The molecule has 1 atom stereocenters. The summed E-state index contributed by atoms with van der Waals surface area (Å²) >= 11 is 0.